The van der Waals surface area contributed by atoms with Crippen molar-refractivity contribution in [3.63, 3.8) is 0 Å². The van der Waals surface area contributed by atoms with Gasteiger partial charge < -0.3 is 10.9 Å². The SMILES string of the molecule is COCc1ccc(C)cn1.N. The van der Waals surface area contributed by atoms with Crippen LogP contribution >= 0.6 is 0 Å². The van der Waals surface area contributed by atoms with Gasteiger partial charge in [-0.1, -0.05) is 6.07 Å². The average molecular weight is 154 g/mol. The van der Waals surface area contributed by atoms with Gasteiger partial charge in [0.25, 0.3) is 0 Å². The fourth-order valence-corrected chi connectivity index (χ4v) is 0.732. The van der Waals surface area contributed by atoms with Gasteiger partial charge in [-0.25, -0.2) is 0 Å². The standard InChI is InChI=1S/C8H11NO.H3N/c1-7-3-4-8(6-10-2)9-5-7;/h3-5H,6H2,1-2H3;1H3. The van der Waals surface area contributed by atoms with E-state index < -0.39 is 0 Å². The summed E-state index contributed by atoms with van der Waals surface area (Å²) < 4.78 is 4.91. The normalized spacial score (nSPS) is 8.91. The molecular formula is C8H14N2O. The molecule has 11 heavy (non-hydrogen) atoms. The Balaban J connectivity index is 0.000001000. The molecule has 1 aromatic heterocycles. The smallest absolute Gasteiger partial charge is 0.0884 e. The molecule has 0 saturated heterocycles. The molecule has 0 bridgehead atoms. The first-order valence-electron chi connectivity index (χ1n) is 3.23. The first kappa shape index (κ1) is 10.1. The number of nitrogens with zero attached hydrogens (tertiary/aromatic N) is 1. The van der Waals surface area contributed by atoms with Gasteiger partial charge in [0.2, 0.25) is 0 Å². The quantitative estimate of drug-likeness (QED) is 0.705. The van der Waals surface area contributed by atoms with Crippen LogP contribution in [0.1, 0.15) is 11.3 Å². The Bertz CT molecular complexity index is 196. The number of pyridine rings is 1. The van der Waals surface area contributed by atoms with E-state index in [1.165, 1.54) is 5.56 Å². The van der Waals surface area contributed by atoms with Crippen molar-refractivity contribution < 1.29 is 4.74 Å². The van der Waals surface area contributed by atoms with Gasteiger partial charge in [-0.3, -0.25) is 4.98 Å². The zero-order valence-corrected chi connectivity index (χ0v) is 7.00. The number of ether oxygens (including phenoxy) is 1. The molecule has 0 fully saturated rings. The number of aryl methyl sites for hydroxylation is 1. The molecular weight excluding hydrogens is 140 g/mol. The van der Waals surface area contributed by atoms with E-state index in [2.05, 4.69) is 4.98 Å². The van der Waals surface area contributed by atoms with Crippen LogP contribution in [0.2, 0.25) is 0 Å². The number of rotatable bonds is 2. The molecule has 1 heterocycles. The van der Waals surface area contributed by atoms with Crippen molar-refractivity contribution in [2.75, 3.05) is 7.11 Å². The second-order valence-corrected chi connectivity index (χ2v) is 2.26. The summed E-state index contributed by atoms with van der Waals surface area (Å²) in [5.74, 6) is 0. The monoisotopic (exact) mass is 154 g/mol. The van der Waals surface area contributed by atoms with Gasteiger partial charge in [-0.05, 0) is 18.6 Å². The second-order valence-electron chi connectivity index (χ2n) is 2.26. The van der Waals surface area contributed by atoms with Crippen molar-refractivity contribution in [1.82, 2.24) is 11.1 Å². The fraction of sp³-hybridized carbons (Fsp3) is 0.375. The van der Waals surface area contributed by atoms with Crippen molar-refractivity contribution in [3.05, 3.63) is 29.6 Å². The molecule has 0 aliphatic carbocycles. The second kappa shape index (κ2) is 4.82. The van der Waals surface area contributed by atoms with Crippen molar-refractivity contribution in [2.45, 2.75) is 13.5 Å². The molecule has 0 saturated carbocycles. The third-order valence-corrected chi connectivity index (χ3v) is 1.26. The van der Waals surface area contributed by atoms with Crippen LogP contribution < -0.4 is 6.15 Å². The van der Waals surface area contributed by atoms with Crippen molar-refractivity contribution in [1.29, 1.82) is 0 Å². The number of aromatic nitrogens is 1. The summed E-state index contributed by atoms with van der Waals surface area (Å²) in [6, 6.07) is 4.00. The highest BCUT2D eigenvalue weighted by atomic mass is 16.5. The molecule has 0 aromatic carbocycles. The first-order valence-corrected chi connectivity index (χ1v) is 3.23. The zero-order valence-electron chi connectivity index (χ0n) is 7.00. The molecule has 0 aliphatic rings. The molecule has 0 atom stereocenters. The van der Waals surface area contributed by atoms with Gasteiger partial charge in [-0.2, -0.15) is 0 Å². The lowest BCUT2D eigenvalue weighted by Gasteiger charge is -1.97. The lowest BCUT2D eigenvalue weighted by molar-refractivity contribution is 0.181. The number of hydrogen-bond donors (Lipinski definition) is 1. The van der Waals surface area contributed by atoms with E-state index >= 15 is 0 Å². The maximum atomic E-state index is 4.91. The van der Waals surface area contributed by atoms with Crippen molar-refractivity contribution in [2.24, 2.45) is 0 Å². The minimum absolute atomic E-state index is 0. The molecule has 1 aromatic rings. The highest BCUT2D eigenvalue weighted by molar-refractivity contribution is 5.11. The van der Waals surface area contributed by atoms with E-state index in [0.29, 0.717) is 6.61 Å². The van der Waals surface area contributed by atoms with Gasteiger partial charge in [0.1, 0.15) is 0 Å². The summed E-state index contributed by atoms with van der Waals surface area (Å²) in [5.41, 5.74) is 2.16. The van der Waals surface area contributed by atoms with E-state index in [1.807, 2.05) is 25.3 Å². The fourth-order valence-electron chi connectivity index (χ4n) is 0.732. The minimum Gasteiger partial charge on any atom is -0.378 e. The Labute approximate surface area is 67.0 Å². The van der Waals surface area contributed by atoms with Crippen molar-refractivity contribution >= 4 is 0 Å². The van der Waals surface area contributed by atoms with Gasteiger partial charge in [-0.15, -0.1) is 0 Å². The molecule has 0 radical (unpaired) electrons. The lowest BCUT2D eigenvalue weighted by Crippen LogP contribution is -1.90. The van der Waals surface area contributed by atoms with Crippen molar-refractivity contribution in [3.8, 4) is 0 Å². The average Bonchev–Trinajstić information content (AvgIpc) is 1.95. The Morgan fingerprint density at radius 2 is 2.18 bits per heavy atom. The lowest BCUT2D eigenvalue weighted by atomic mass is 10.3. The number of hydrogen-bond acceptors (Lipinski definition) is 3. The molecule has 3 N–H and O–H groups in total. The largest absolute Gasteiger partial charge is 0.378 e. The summed E-state index contributed by atoms with van der Waals surface area (Å²) >= 11 is 0. The predicted molar refractivity (Wildman–Crippen MR) is 44.7 cm³/mol. The van der Waals surface area contributed by atoms with Gasteiger partial charge in [0.15, 0.2) is 0 Å². The molecule has 0 amide bonds. The van der Waals surface area contributed by atoms with E-state index in [1.54, 1.807) is 7.11 Å². The molecule has 0 aliphatic heterocycles. The summed E-state index contributed by atoms with van der Waals surface area (Å²) in [4.78, 5) is 4.14. The van der Waals surface area contributed by atoms with Gasteiger partial charge in [0, 0.05) is 13.3 Å². The van der Waals surface area contributed by atoms with Crippen LogP contribution in [0.15, 0.2) is 18.3 Å². The summed E-state index contributed by atoms with van der Waals surface area (Å²) in [5, 5.41) is 0. The summed E-state index contributed by atoms with van der Waals surface area (Å²) in [6.07, 6.45) is 1.84. The van der Waals surface area contributed by atoms with E-state index in [-0.39, 0.29) is 6.15 Å². The third kappa shape index (κ3) is 3.11. The van der Waals surface area contributed by atoms with Crippen LogP contribution in [0.5, 0.6) is 0 Å². The Morgan fingerprint density at radius 3 is 2.64 bits per heavy atom. The van der Waals surface area contributed by atoms with E-state index in [0.717, 1.165) is 5.69 Å². The molecule has 1 rings (SSSR count). The molecule has 3 nitrogen and oxygen atoms in total. The summed E-state index contributed by atoms with van der Waals surface area (Å²) in [6.45, 7) is 2.61. The Morgan fingerprint density at radius 1 is 1.45 bits per heavy atom. The van der Waals surface area contributed by atoms with Gasteiger partial charge in [0.05, 0.1) is 12.3 Å². The van der Waals surface area contributed by atoms with E-state index in [4.69, 9.17) is 4.74 Å². The summed E-state index contributed by atoms with van der Waals surface area (Å²) in [7, 11) is 1.67. The maximum Gasteiger partial charge on any atom is 0.0884 e. The molecule has 0 spiro atoms. The number of methoxy groups -OCH3 is 1. The van der Waals surface area contributed by atoms with Crippen LogP contribution in [0.4, 0.5) is 0 Å². The Hall–Kier alpha value is -0.930. The van der Waals surface area contributed by atoms with E-state index in [9.17, 15) is 0 Å². The van der Waals surface area contributed by atoms with Gasteiger partial charge >= 0.3 is 0 Å². The third-order valence-electron chi connectivity index (χ3n) is 1.26. The first-order chi connectivity index (χ1) is 4.83. The molecule has 62 valence electrons. The Kier molecular flexibility index (Phi) is 4.41. The predicted octanol–water partition coefficient (Wildman–Crippen LogP) is 1.70. The van der Waals surface area contributed by atoms with Crippen LogP contribution in [0.3, 0.4) is 0 Å². The minimum atomic E-state index is 0. The topological polar surface area (TPSA) is 57.1 Å². The molecule has 3 heteroatoms. The maximum absolute atomic E-state index is 4.91. The molecule has 0 unspecified atom stereocenters. The highest BCUT2D eigenvalue weighted by Crippen LogP contribution is 1.98. The van der Waals surface area contributed by atoms with Crippen LogP contribution in [-0.2, 0) is 11.3 Å². The highest BCUT2D eigenvalue weighted by Gasteiger charge is 1.89. The van der Waals surface area contributed by atoms with Crippen LogP contribution in [0.25, 0.3) is 0 Å². The van der Waals surface area contributed by atoms with Crippen LogP contribution in [0, 0.1) is 6.92 Å². The zero-order chi connectivity index (χ0) is 7.40. The van der Waals surface area contributed by atoms with Crippen LogP contribution in [-0.4, -0.2) is 12.1 Å².